The fourth-order valence-electron chi connectivity index (χ4n) is 3.66. The predicted octanol–water partition coefficient (Wildman–Crippen LogP) is 3.55. The van der Waals surface area contributed by atoms with Crippen LogP contribution in [0.4, 0.5) is 13.2 Å². The molecular formula is C21H21F3N4O. The Kier molecular flexibility index (Phi) is 5.04. The first-order valence-electron chi connectivity index (χ1n) is 9.42. The molecule has 2 aromatic carbocycles. The summed E-state index contributed by atoms with van der Waals surface area (Å²) in [6.45, 7) is 2.90. The molecule has 5 nitrogen and oxygen atoms in total. The molecule has 152 valence electrons. The summed E-state index contributed by atoms with van der Waals surface area (Å²) in [5.41, 5.74) is 1.29. The summed E-state index contributed by atoms with van der Waals surface area (Å²) in [6, 6.07) is 12.5. The maximum Gasteiger partial charge on any atom is 0.416 e. The number of piperazine rings is 1. The SMILES string of the molecule is Cn1c(CN2CCN(C(=O)c3cccc(C(F)(F)F)c3)CC2)nc2ccccc21. The summed E-state index contributed by atoms with van der Waals surface area (Å²) in [6.07, 6.45) is -4.46. The lowest BCUT2D eigenvalue weighted by molar-refractivity contribution is -0.137. The molecule has 29 heavy (non-hydrogen) atoms. The van der Waals surface area contributed by atoms with Crippen molar-refractivity contribution < 1.29 is 18.0 Å². The Morgan fingerprint density at radius 1 is 1.03 bits per heavy atom. The Balaban J connectivity index is 1.40. The van der Waals surface area contributed by atoms with Crippen LogP contribution in [0.5, 0.6) is 0 Å². The van der Waals surface area contributed by atoms with Crippen LogP contribution in [-0.2, 0) is 19.8 Å². The Bertz CT molecular complexity index is 1040. The second-order valence-electron chi connectivity index (χ2n) is 7.22. The quantitative estimate of drug-likeness (QED) is 0.673. The third-order valence-corrected chi connectivity index (χ3v) is 5.34. The number of rotatable bonds is 3. The fourth-order valence-corrected chi connectivity index (χ4v) is 3.66. The van der Waals surface area contributed by atoms with Crippen LogP contribution >= 0.6 is 0 Å². The molecule has 8 heteroatoms. The molecule has 1 aromatic heterocycles. The third-order valence-electron chi connectivity index (χ3n) is 5.34. The van der Waals surface area contributed by atoms with Crippen LogP contribution in [-0.4, -0.2) is 51.4 Å². The Morgan fingerprint density at radius 3 is 2.45 bits per heavy atom. The number of carbonyl (C=O) groups is 1. The minimum Gasteiger partial charge on any atom is -0.336 e. The van der Waals surface area contributed by atoms with Gasteiger partial charge < -0.3 is 9.47 Å². The minimum absolute atomic E-state index is 0.0728. The molecule has 1 aliphatic heterocycles. The lowest BCUT2D eigenvalue weighted by atomic mass is 10.1. The van der Waals surface area contributed by atoms with Crippen LogP contribution < -0.4 is 0 Å². The van der Waals surface area contributed by atoms with Crippen LogP contribution in [0.2, 0.25) is 0 Å². The number of halogens is 3. The number of amides is 1. The Labute approximate surface area is 166 Å². The number of hydrogen-bond donors (Lipinski definition) is 0. The summed E-state index contributed by atoms with van der Waals surface area (Å²) in [5, 5.41) is 0. The van der Waals surface area contributed by atoms with Crippen LogP contribution in [0.1, 0.15) is 21.7 Å². The second kappa shape index (κ2) is 7.51. The summed E-state index contributed by atoms with van der Waals surface area (Å²) in [5.74, 6) is 0.585. The van der Waals surface area contributed by atoms with Crippen LogP contribution in [0, 0.1) is 0 Å². The first-order valence-corrected chi connectivity index (χ1v) is 9.42. The van der Waals surface area contributed by atoms with E-state index in [9.17, 15) is 18.0 Å². The highest BCUT2D eigenvalue weighted by molar-refractivity contribution is 5.94. The molecule has 1 aliphatic rings. The number of carbonyl (C=O) groups excluding carboxylic acids is 1. The third kappa shape index (κ3) is 3.98. The van der Waals surface area contributed by atoms with E-state index < -0.39 is 11.7 Å². The summed E-state index contributed by atoms with van der Waals surface area (Å²) in [7, 11) is 1.98. The number of alkyl halides is 3. The zero-order chi connectivity index (χ0) is 20.6. The molecule has 3 aromatic rings. The van der Waals surface area contributed by atoms with Crippen LogP contribution in [0.3, 0.4) is 0 Å². The van der Waals surface area contributed by atoms with Gasteiger partial charge in [0.05, 0.1) is 23.1 Å². The zero-order valence-corrected chi connectivity index (χ0v) is 16.0. The van der Waals surface area contributed by atoms with Crippen molar-refractivity contribution in [3.63, 3.8) is 0 Å². The van der Waals surface area contributed by atoms with E-state index in [4.69, 9.17) is 0 Å². The van der Waals surface area contributed by atoms with E-state index in [1.807, 2.05) is 31.3 Å². The molecule has 1 saturated heterocycles. The summed E-state index contributed by atoms with van der Waals surface area (Å²) < 4.78 is 40.8. The first-order chi connectivity index (χ1) is 13.8. The van der Waals surface area contributed by atoms with Gasteiger partial charge in [-0.15, -0.1) is 0 Å². The molecular weight excluding hydrogens is 381 g/mol. The van der Waals surface area contributed by atoms with Crippen molar-refractivity contribution in [1.82, 2.24) is 19.4 Å². The lowest BCUT2D eigenvalue weighted by Gasteiger charge is -2.34. The van der Waals surface area contributed by atoms with E-state index in [1.54, 1.807) is 4.90 Å². The van der Waals surface area contributed by atoms with Gasteiger partial charge in [-0.1, -0.05) is 18.2 Å². The largest absolute Gasteiger partial charge is 0.416 e. The van der Waals surface area contributed by atoms with Crippen molar-refractivity contribution in [3.05, 3.63) is 65.5 Å². The van der Waals surface area contributed by atoms with E-state index >= 15 is 0 Å². The van der Waals surface area contributed by atoms with Gasteiger partial charge in [-0.05, 0) is 30.3 Å². The molecule has 1 fully saturated rings. The van der Waals surface area contributed by atoms with Gasteiger partial charge in [-0.3, -0.25) is 9.69 Å². The summed E-state index contributed by atoms with van der Waals surface area (Å²) in [4.78, 5) is 21.1. The van der Waals surface area contributed by atoms with Crippen LogP contribution in [0.25, 0.3) is 11.0 Å². The summed E-state index contributed by atoms with van der Waals surface area (Å²) >= 11 is 0. The molecule has 2 heterocycles. The normalized spacial score (nSPS) is 15.8. The molecule has 0 radical (unpaired) electrons. The van der Waals surface area contributed by atoms with E-state index in [2.05, 4.69) is 14.5 Å². The average molecular weight is 402 g/mol. The van der Waals surface area contributed by atoms with Gasteiger partial charge in [0.1, 0.15) is 5.82 Å². The highest BCUT2D eigenvalue weighted by Gasteiger charge is 2.31. The molecule has 0 aliphatic carbocycles. The van der Waals surface area contributed by atoms with Gasteiger partial charge in [0.25, 0.3) is 5.91 Å². The van der Waals surface area contributed by atoms with Gasteiger partial charge in [0.2, 0.25) is 0 Å². The molecule has 0 atom stereocenters. The maximum atomic E-state index is 12.9. The number of para-hydroxylation sites is 2. The monoisotopic (exact) mass is 402 g/mol. The number of fused-ring (bicyclic) bond motifs is 1. The highest BCUT2D eigenvalue weighted by atomic mass is 19.4. The van der Waals surface area contributed by atoms with Gasteiger partial charge in [0, 0.05) is 38.8 Å². The molecule has 0 spiro atoms. The van der Waals surface area contributed by atoms with E-state index in [0.29, 0.717) is 32.7 Å². The molecule has 0 unspecified atom stereocenters. The predicted molar refractivity (Wildman–Crippen MR) is 103 cm³/mol. The van der Waals surface area contributed by atoms with Crippen molar-refractivity contribution >= 4 is 16.9 Å². The van der Waals surface area contributed by atoms with Gasteiger partial charge in [0.15, 0.2) is 0 Å². The molecule has 1 amide bonds. The molecule has 0 saturated carbocycles. The van der Waals surface area contributed by atoms with Crippen molar-refractivity contribution in [2.75, 3.05) is 26.2 Å². The van der Waals surface area contributed by atoms with Crippen molar-refractivity contribution in [2.24, 2.45) is 7.05 Å². The topological polar surface area (TPSA) is 41.4 Å². The molecule has 4 rings (SSSR count). The number of nitrogens with zero attached hydrogens (tertiary/aromatic N) is 4. The average Bonchev–Trinajstić information content (AvgIpc) is 3.03. The smallest absolute Gasteiger partial charge is 0.336 e. The van der Waals surface area contributed by atoms with E-state index in [1.165, 1.54) is 12.1 Å². The van der Waals surface area contributed by atoms with Crippen molar-refractivity contribution in [2.45, 2.75) is 12.7 Å². The van der Waals surface area contributed by atoms with Crippen molar-refractivity contribution in [1.29, 1.82) is 0 Å². The molecule has 0 bridgehead atoms. The standard InChI is InChI=1S/C21H21F3N4O/c1-26-18-8-3-2-7-17(18)25-19(26)14-27-9-11-28(12-10-27)20(29)15-5-4-6-16(13-15)21(22,23)24/h2-8,13H,9-12,14H2,1H3. The number of benzene rings is 2. The number of imidazole rings is 1. The second-order valence-corrected chi connectivity index (χ2v) is 7.22. The highest BCUT2D eigenvalue weighted by Crippen LogP contribution is 2.29. The number of hydrogen-bond acceptors (Lipinski definition) is 3. The van der Waals surface area contributed by atoms with Gasteiger partial charge in [-0.25, -0.2) is 4.98 Å². The maximum absolute atomic E-state index is 12.9. The van der Waals surface area contributed by atoms with Gasteiger partial charge in [-0.2, -0.15) is 13.2 Å². The van der Waals surface area contributed by atoms with Crippen LogP contribution in [0.15, 0.2) is 48.5 Å². The van der Waals surface area contributed by atoms with E-state index in [-0.39, 0.29) is 11.5 Å². The molecule has 0 N–H and O–H groups in total. The van der Waals surface area contributed by atoms with E-state index in [0.717, 1.165) is 29.0 Å². The lowest BCUT2D eigenvalue weighted by Crippen LogP contribution is -2.48. The Morgan fingerprint density at radius 2 is 1.76 bits per heavy atom. The fraction of sp³-hybridized carbons (Fsp3) is 0.333. The first kappa shape index (κ1) is 19.4. The van der Waals surface area contributed by atoms with Gasteiger partial charge >= 0.3 is 6.18 Å². The number of aryl methyl sites for hydroxylation is 1. The number of aromatic nitrogens is 2. The van der Waals surface area contributed by atoms with Crippen molar-refractivity contribution in [3.8, 4) is 0 Å². The minimum atomic E-state index is -4.46. The Hall–Kier alpha value is -2.87. The zero-order valence-electron chi connectivity index (χ0n) is 16.0.